The van der Waals surface area contributed by atoms with E-state index >= 15 is 0 Å². The van der Waals surface area contributed by atoms with E-state index in [-0.39, 0.29) is 5.91 Å². The molecule has 0 radical (unpaired) electrons. The molecule has 0 N–H and O–H groups in total. The van der Waals surface area contributed by atoms with Crippen LogP contribution in [0.5, 0.6) is 0 Å². The topological polar surface area (TPSA) is 47.3 Å². The summed E-state index contributed by atoms with van der Waals surface area (Å²) < 4.78 is 0. The first-order chi connectivity index (χ1) is 12.8. The minimum Gasteiger partial charge on any atom is -0.369 e. The molecule has 0 aromatic heterocycles. The molecule has 0 bridgehead atoms. The van der Waals surface area contributed by atoms with E-state index in [0.717, 1.165) is 50.1 Å². The summed E-state index contributed by atoms with van der Waals surface area (Å²) >= 11 is 0. The first kappa shape index (κ1) is 16.7. The van der Waals surface area contributed by atoms with Gasteiger partial charge in [-0.1, -0.05) is 18.2 Å². The van der Waals surface area contributed by atoms with Crippen molar-refractivity contribution in [1.29, 1.82) is 5.26 Å². The number of fused-ring (bicyclic) bond motifs is 1. The molecule has 1 aliphatic carbocycles. The van der Waals surface area contributed by atoms with Crippen LogP contribution < -0.4 is 4.90 Å². The van der Waals surface area contributed by atoms with Gasteiger partial charge in [0.1, 0.15) is 6.07 Å². The maximum Gasteiger partial charge on any atom is 0.253 e. The summed E-state index contributed by atoms with van der Waals surface area (Å²) in [5, 5.41) is 9.34. The molecule has 1 heterocycles. The zero-order valence-corrected chi connectivity index (χ0v) is 14.9. The van der Waals surface area contributed by atoms with E-state index in [2.05, 4.69) is 23.1 Å². The summed E-state index contributed by atoms with van der Waals surface area (Å²) in [6, 6.07) is 16.2. The number of nitrogens with zero attached hydrogens (tertiary/aromatic N) is 3. The normalized spacial score (nSPS) is 16.7. The van der Waals surface area contributed by atoms with Gasteiger partial charge in [-0.3, -0.25) is 4.79 Å². The Morgan fingerprint density at radius 1 is 0.923 bits per heavy atom. The average molecular weight is 345 g/mol. The Bertz CT molecular complexity index is 868. The van der Waals surface area contributed by atoms with E-state index in [4.69, 9.17) is 0 Å². The van der Waals surface area contributed by atoms with Crippen molar-refractivity contribution in [3.05, 3.63) is 64.7 Å². The van der Waals surface area contributed by atoms with Crippen LogP contribution in [0.2, 0.25) is 0 Å². The molecular weight excluding hydrogens is 322 g/mol. The van der Waals surface area contributed by atoms with Gasteiger partial charge in [-0.05, 0) is 61.1 Å². The Balaban J connectivity index is 1.48. The second-order valence-corrected chi connectivity index (χ2v) is 7.10. The molecule has 26 heavy (non-hydrogen) atoms. The monoisotopic (exact) mass is 345 g/mol. The van der Waals surface area contributed by atoms with E-state index in [0.29, 0.717) is 12.1 Å². The van der Waals surface area contributed by atoms with Crippen molar-refractivity contribution in [3.63, 3.8) is 0 Å². The summed E-state index contributed by atoms with van der Waals surface area (Å²) in [4.78, 5) is 17.2. The predicted molar refractivity (Wildman–Crippen MR) is 102 cm³/mol. The van der Waals surface area contributed by atoms with Crippen molar-refractivity contribution in [2.24, 2.45) is 0 Å². The molecule has 4 rings (SSSR count). The minimum absolute atomic E-state index is 0.134. The van der Waals surface area contributed by atoms with Crippen LogP contribution in [0.25, 0.3) is 0 Å². The molecule has 0 saturated carbocycles. The molecule has 2 aromatic rings. The summed E-state index contributed by atoms with van der Waals surface area (Å²) in [6.45, 7) is 3.08. The lowest BCUT2D eigenvalue weighted by molar-refractivity contribution is 0.0767. The molecule has 2 aromatic carbocycles. The van der Waals surface area contributed by atoms with Crippen LogP contribution in [0.1, 0.15) is 39.9 Å². The highest BCUT2D eigenvalue weighted by Crippen LogP contribution is 2.25. The zero-order valence-electron chi connectivity index (χ0n) is 14.9. The Labute approximate surface area is 154 Å². The summed E-state index contributed by atoms with van der Waals surface area (Å²) in [7, 11) is 0. The Morgan fingerprint density at radius 3 is 2.65 bits per heavy atom. The third-order valence-corrected chi connectivity index (χ3v) is 5.49. The van der Waals surface area contributed by atoms with Gasteiger partial charge in [-0.25, -0.2) is 0 Å². The Morgan fingerprint density at radius 2 is 1.77 bits per heavy atom. The number of carbonyl (C=O) groups is 1. The smallest absolute Gasteiger partial charge is 0.253 e. The average Bonchev–Trinajstić information content (AvgIpc) is 3.02. The van der Waals surface area contributed by atoms with Crippen LogP contribution in [0.4, 0.5) is 5.69 Å². The zero-order chi connectivity index (χ0) is 17.9. The second-order valence-electron chi connectivity index (χ2n) is 7.10. The molecule has 132 valence electrons. The molecule has 0 spiro atoms. The summed E-state index contributed by atoms with van der Waals surface area (Å²) in [5.41, 5.74) is 5.23. The van der Waals surface area contributed by atoms with E-state index in [1.165, 1.54) is 17.5 Å². The van der Waals surface area contributed by atoms with Crippen LogP contribution in [0.15, 0.2) is 42.5 Å². The van der Waals surface area contributed by atoms with Gasteiger partial charge in [0.25, 0.3) is 5.91 Å². The Hall–Kier alpha value is -2.80. The van der Waals surface area contributed by atoms with Crippen molar-refractivity contribution in [2.45, 2.75) is 25.7 Å². The lowest BCUT2D eigenvalue weighted by atomic mass is 10.1. The van der Waals surface area contributed by atoms with Gasteiger partial charge in [0.15, 0.2) is 0 Å². The third-order valence-electron chi connectivity index (χ3n) is 5.49. The number of amides is 1. The highest BCUT2D eigenvalue weighted by Gasteiger charge is 2.22. The number of nitriles is 1. The van der Waals surface area contributed by atoms with Crippen LogP contribution in [-0.2, 0) is 12.8 Å². The maximum atomic E-state index is 13.0. The quantitative estimate of drug-likeness (QED) is 0.838. The van der Waals surface area contributed by atoms with E-state index in [1.807, 2.05) is 35.2 Å². The molecule has 1 amide bonds. The minimum atomic E-state index is 0.134. The van der Waals surface area contributed by atoms with Crippen LogP contribution >= 0.6 is 0 Å². The highest BCUT2D eigenvalue weighted by molar-refractivity contribution is 5.94. The van der Waals surface area contributed by atoms with Gasteiger partial charge in [0.05, 0.1) is 11.3 Å². The summed E-state index contributed by atoms with van der Waals surface area (Å²) in [5.74, 6) is 0.134. The molecular formula is C22H23N3O. The van der Waals surface area contributed by atoms with Gasteiger partial charge in [0, 0.05) is 31.7 Å². The van der Waals surface area contributed by atoms with Crippen LogP contribution in [-0.4, -0.2) is 37.0 Å². The molecule has 2 aliphatic rings. The van der Waals surface area contributed by atoms with E-state index in [1.54, 1.807) is 0 Å². The standard InChI is InChI=1S/C22H23N3O/c23-16-20-5-1-2-8-21(20)24-11-4-12-25(14-13-24)22(26)19-10-9-17-6-3-7-18(17)15-19/h1-2,5,8-10,15H,3-4,6-7,11-14H2. The van der Waals surface area contributed by atoms with Gasteiger partial charge in [-0.2, -0.15) is 5.26 Å². The van der Waals surface area contributed by atoms with Gasteiger partial charge in [-0.15, -0.1) is 0 Å². The second kappa shape index (κ2) is 7.21. The van der Waals surface area contributed by atoms with Crippen LogP contribution in [0.3, 0.4) is 0 Å². The van der Waals surface area contributed by atoms with Gasteiger partial charge < -0.3 is 9.80 Å². The first-order valence-electron chi connectivity index (χ1n) is 9.41. The predicted octanol–water partition coefficient (Wildman–Crippen LogP) is 3.40. The third kappa shape index (κ3) is 3.17. The number of aryl methyl sites for hydroxylation is 2. The largest absolute Gasteiger partial charge is 0.369 e. The van der Waals surface area contributed by atoms with Gasteiger partial charge in [0.2, 0.25) is 0 Å². The fraction of sp³-hybridized carbons (Fsp3) is 0.364. The maximum absolute atomic E-state index is 13.0. The molecule has 4 nitrogen and oxygen atoms in total. The number of para-hydroxylation sites is 1. The Kier molecular flexibility index (Phi) is 4.62. The van der Waals surface area contributed by atoms with Gasteiger partial charge >= 0.3 is 0 Å². The summed E-state index contributed by atoms with van der Waals surface area (Å²) in [6.07, 6.45) is 4.34. The van der Waals surface area contributed by atoms with Crippen molar-refractivity contribution >= 4 is 11.6 Å². The molecule has 1 aliphatic heterocycles. The SMILES string of the molecule is N#Cc1ccccc1N1CCCN(C(=O)c2ccc3c(c2)CCC3)CC1. The first-order valence-corrected chi connectivity index (χ1v) is 9.41. The molecule has 1 fully saturated rings. The van der Waals surface area contributed by atoms with Crippen molar-refractivity contribution in [2.75, 3.05) is 31.1 Å². The van der Waals surface area contributed by atoms with E-state index < -0.39 is 0 Å². The molecule has 0 atom stereocenters. The lowest BCUT2D eigenvalue weighted by Gasteiger charge is -2.24. The number of benzene rings is 2. The highest BCUT2D eigenvalue weighted by atomic mass is 16.2. The molecule has 4 heteroatoms. The number of anilines is 1. The van der Waals surface area contributed by atoms with Crippen molar-refractivity contribution in [3.8, 4) is 6.07 Å². The number of hydrogen-bond donors (Lipinski definition) is 0. The number of carbonyl (C=O) groups excluding carboxylic acids is 1. The van der Waals surface area contributed by atoms with E-state index in [9.17, 15) is 10.1 Å². The number of hydrogen-bond acceptors (Lipinski definition) is 3. The lowest BCUT2D eigenvalue weighted by Crippen LogP contribution is -2.35. The number of rotatable bonds is 2. The molecule has 1 saturated heterocycles. The fourth-order valence-electron chi connectivity index (χ4n) is 4.09. The molecule has 0 unspecified atom stereocenters. The van der Waals surface area contributed by atoms with Crippen molar-refractivity contribution < 1.29 is 4.79 Å². The fourth-order valence-corrected chi connectivity index (χ4v) is 4.09. The van der Waals surface area contributed by atoms with Crippen molar-refractivity contribution in [1.82, 2.24) is 4.90 Å². The van der Waals surface area contributed by atoms with Crippen LogP contribution in [0, 0.1) is 11.3 Å².